The summed E-state index contributed by atoms with van der Waals surface area (Å²) < 4.78 is 17.5. The van der Waals surface area contributed by atoms with Crippen molar-refractivity contribution < 1.29 is 19.0 Å². The van der Waals surface area contributed by atoms with Crippen molar-refractivity contribution in [2.24, 2.45) is 0 Å². The molecule has 0 amide bonds. The number of hydrogen-bond acceptors (Lipinski definition) is 6. The van der Waals surface area contributed by atoms with Crippen molar-refractivity contribution >= 4 is 11.6 Å². The molecule has 0 saturated heterocycles. The monoisotopic (exact) mass is 341 g/mol. The summed E-state index contributed by atoms with van der Waals surface area (Å²) in [5.41, 5.74) is 3.35. The summed E-state index contributed by atoms with van der Waals surface area (Å²) in [7, 11) is 3.13. The number of aryl methyl sites for hydroxylation is 2. The van der Waals surface area contributed by atoms with E-state index < -0.39 is 5.97 Å². The number of aromatic nitrogens is 3. The molecule has 7 nitrogen and oxygen atoms in total. The van der Waals surface area contributed by atoms with Gasteiger partial charge in [-0.2, -0.15) is 5.10 Å². The molecule has 7 heteroatoms. The molecule has 0 aliphatic carbocycles. The number of methoxy groups -OCH3 is 2. The molecule has 2 aromatic heterocycles. The average Bonchev–Trinajstić information content (AvgIpc) is 3.03. The summed E-state index contributed by atoms with van der Waals surface area (Å²) in [5, 5.41) is 4.20. The van der Waals surface area contributed by atoms with Gasteiger partial charge in [0.1, 0.15) is 12.2 Å². The minimum Gasteiger partial charge on any atom is -0.493 e. The summed E-state index contributed by atoms with van der Waals surface area (Å²) in [6.07, 6.45) is 1.48. The highest BCUT2D eigenvalue weighted by Gasteiger charge is 2.17. The maximum atomic E-state index is 12.4. The molecule has 0 N–H and O–H groups in total. The fraction of sp³-hybridized carbons (Fsp3) is 0.278. The van der Waals surface area contributed by atoms with Gasteiger partial charge in [0.25, 0.3) is 0 Å². The van der Waals surface area contributed by atoms with E-state index in [2.05, 4.69) is 10.1 Å². The highest BCUT2D eigenvalue weighted by Crippen LogP contribution is 2.28. The first-order chi connectivity index (χ1) is 12.0. The Morgan fingerprint density at radius 1 is 1.12 bits per heavy atom. The fourth-order valence-corrected chi connectivity index (χ4v) is 2.61. The van der Waals surface area contributed by atoms with Crippen LogP contribution in [0.5, 0.6) is 11.5 Å². The van der Waals surface area contributed by atoms with Gasteiger partial charge in [0.05, 0.1) is 20.4 Å². The van der Waals surface area contributed by atoms with Crippen LogP contribution < -0.4 is 9.47 Å². The molecule has 0 spiro atoms. The summed E-state index contributed by atoms with van der Waals surface area (Å²) in [6, 6.07) is 7.26. The molecule has 0 aliphatic heterocycles. The quantitative estimate of drug-likeness (QED) is 0.664. The molecule has 3 rings (SSSR count). The van der Waals surface area contributed by atoms with E-state index in [0.29, 0.717) is 22.7 Å². The number of esters is 1. The van der Waals surface area contributed by atoms with Crippen molar-refractivity contribution in [3.05, 3.63) is 53.0 Å². The molecule has 0 saturated carbocycles. The summed E-state index contributed by atoms with van der Waals surface area (Å²) in [6.45, 7) is 3.90. The van der Waals surface area contributed by atoms with Crippen molar-refractivity contribution in [2.45, 2.75) is 20.5 Å². The number of carbonyl (C=O) groups is 1. The van der Waals surface area contributed by atoms with Crippen molar-refractivity contribution in [1.29, 1.82) is 0 Å². The van der Waals surface area contributed by atoms with Crippen LogP contribution in [0.25, 0.3) is 5.65 Å². The number of fused-ring (bicyclic) bond motifs is 1. The molecule has 25 heavy (non-hydrogen) atoms. The zero-order chi connectivity index (χ0) is 18.0. The topological polar surface area (TPSA) is 75.0 Å². The van der Waals surface area contributed by atoms with Crippen molar-refractivity contribution in [3.63, 3.8) is 0 Å². The Morgan fingerprint density at radius 2 is 1.88 bits per heavy atom. The van der Waals surface area contributed by atoms with E-state index in [9.17, 15) is 4.79 Å². The largest absolute Gasteiger partial charge is 0.493 e. The van der Waals surface area contributed by atoms with Gasteiger partial charge in [-0.15, -0.1) is 0 Å². The summed E-state index contributed by atoms with van der Waals surface area (Å²) in [5.74, 6) is 0.734. The van der Waals surface area contributed by atoms with Crippen LogP contribution in [0.4, 0.5) is 0 Å². The van der Waals surface area contributed by atoms with E-state index in [-0.39, 0.29) is 6.61 Å². The normalized spacial score (nSPS) is 10.7. The highest BCUT2D eigenvalue weighted by molar-refractivity contribution is 5.95. The van der Waals surface area contributed by atoms with E-state index in [1.807, 2.05) is 26.0 Å². The van der Waals surface area contributed by atoms with Gasteiger partial charge in [0.15, 0.2) is 17.1 Å². The van der Waals surface area contributed by atoms with Crippen molar-refractivity contribution in [1.82, 2.24) is 14.6 Å². The van der Waals surface area contributed by atoms with Crippen LogP contribution in [-0.4, -0.2) is 34.8 Å². The van der Waals surface area contributed by atoms with E-state index in [4.69, 9.17) is 14.2 Å². The van der Waals surface area contributed by atoms with Crippen LogP contribution in [0.3, 0.4) is 0 Å². The summed E-state index contributed by atoms with van der Waals surface area (Å²) in [4.78, 5) is 16.8. The van der Waals surface area contributed by atoms with Crippen LogP contribution in [0, 0.1) is 13.8 Å². The van der Waals surface area contributed by atoms with Crippen LogP contribution >= 0.6 is 0 Å². The average molecular weight is 341 g/mol. The number of hydrogen-bond donors (Lipinski definition) is 0. The second kappa shape index (κ2) is 6.80. The Morgan fingerprint density at radius 3 is 2.60 bits per heavy atom. The molecular weight excluding hydrogens is 322 g/mol. The molecule has 130 valence electrons. The number of rotatable bonds is 5. The molecule has 0 aliphatic rings. The third kappa shape index (κ3) is 3.26. The molecule has 3 aromatic rings. The van der Waals surface area contributed by atoms with E-state index >= 15 is 0 Å². The number of carbonyl (C=O) groups excluding carboxylic acids is 1. The number of benzene rings is 1. The Hall–Kier alpha value is -3.09. The van der Waals surface area contributed by atoms with Gasteiger partial charge in [-0.05, 0) is 37.6 Å². The molecule has 0 bridgehead atoms. The Balaban J connectivity index is 1.79. The van der Waals surface area contributed by atoms with E-state index in [0.717, 1.165) is 17.0 Å². The number of ether oxygens (including phenoxy) is 3. The van der Waals surface area contributed by atoms with Crippen molar-refractivity contribution in [3.8, 4) is 11.5 Å². The van der Waals surface area contributed by atoms with E-state index in [1.165, 1.54) is 6.20 Å². The van der Waals surface area contributed by atoms with Crippen LogP contribution in [-0.2, 0) is 11.3 Å². The smallest absolute Gasteiger partial charge is 0.343 e. The van der Waals surface area contributed by atoms with Crippen LogP contribution in [0.2, 0.25) is 0 Å². The third-order valence-corrected chi connectivity index (χ3v) is 3.82. The van der Waals surface area contributed by atoms with Gasteiger partial charge in [-0.1, -0.05) is 6.07 Å². The molecule has 1 aromatic carbocycles. The minimum atomic E-state index is -0.470. The Labute approximate surface area is 145 Å². The SMILES string of the molecule is COc1ccc(COC(=O)c2cnn3c(C)cc(C)nc23)cc1OC. The van der Waals surface area contributed by atoms with Gasteiger partial charge in [0.2, 0.25) is 0 Å². The molecule has 0 radical (unpaired) electrons. The Kier molecular flexibility index (Phi) is 4.56. The first-order valence-corrected chi connectivity index (χ1v) is 7.73. The lowest BCUT2D eigenvalue weighted by Crippen LogP contribution is -2.07. The maximum absolute atomic E-state index is 12.4. The molecule has 0 fully saturated rings. The zero-order valence-electron chi connectivity index (χ0n) is 14.6. The second-order valence-corrected chi connectivity index (χ2v) is 5.60. The van der Waals surface area contributed by atoms with Crippen LogP contribution in [0.1, 0.15) is 27.3 Å². The predicted octanol–water partition coefficient (Wildman–Crippen LogP) is 2.72. The second-order valence-electron chi connectivity index (χ2n) is 5.60. The fourth-order valence-electron chi connectivity index (χ4n) is 2.61. The lowest BCUT2D eigenvalue weighted by molar-refractivity contribution is 0.0474. The Bertz CT molecular complexity index is 933. The first kappa shape index (κ1) is 16.8. The molecule has 0 unspecified atom stereocenters. The van der Waals surface area contributed by atoms with E-state index in [1.54, 1.807) is 30.9 Å². The predicted molar refractivity (Wildman–Crippen MR) is 91.1 cm³/mol. The van der Waals surface area contributed by atoms with Gasteiger partial charge in [-0.25, -0.2) is 14.3 Å². The van der Waals surface area contributed by atoms with Gasteiger partial charge in [-0.3, -0.25) is 0 Å². The minimum absolute atomic E-state index is 0.112. The standard InChI is InChI=1S/C18H19N3O4/c1-11-7-12(2)21-17(20-11)14(9-19-21)18(22)25-10-13-5-6-15(23-3)16(8-13)24-4/h5-9H,10H2,1-4H3. The maximum Gasteiger partial charge on any atom is 0.343 e. The highest BCUT2D eigenvalue weighted by atomic mass is 16.5. The van der Waals surface area contributed by atoms with Crippen LogP contribution in [0.15, 0.2) is 30.5 Å². The number of nitrogens with zero attached hydrogens (tertiary/aromatic N) is 3. The first-order valence-electron chi connectivity index (χ1n) is 7.73. The van der Waals surface area contributed by atoms with Gasteiger partial charge >= 0.3 is 5.97 Å². The van der Waals surface area contributed by atoms with Gasteiger partial charge < -0.3 is 14.2 Å². The molecular formula is C18H19N3O4. The lowest BCUT2D eigenvalue weighted by atomic mass is 10.2. The summed E-state index contributed by atoms with van der Waals surface area (Å²) >= 11 is 0. The molecule has 0 atom stereocenters. The van der Waals surface area contributed by atoms with Gasteiger partial charge in [0, 0.05) is 11.4 Å². The third-order valence-electron chi connectivity index (χ3n) is 3.82. The lowest BCUT2D eigenvalue weighted by Gasteiger charge is -2.10. The molecule has 2 heterocycles. The zero-order valence-corrected chi connectivity index (χ0v) is 14.6. The van der Waals surface area contributed by atoms with Crippen molar-refractivity contribution in [2.75, 3.05) is 14.2 Å².